The van der Waals surface area contributed by atoms with Crippen LogP contribution < -0.4 is 0 Å². The highest BCUT2D eigenvalue weighted by molar-refractivity contribution is 5.07. The van der Waals surface area contributed by atoms with Crippen molar-refractivity contribution in [3.63, 3.8) is 0 Å². The van der Waals surface area contributed by atoms with Crippen LogP contribution in [0.25, 0.3) is 0 Å². The van der Waals surface area contributed by atoms with E-state index in [1.807, 2.05) is 12.3 Å². The fourth-order valence-electron chi connectivity index (χ4n) is 3.56. The summed E-state index contributed by atoms with van der Waals surface area (Å²) >= 11 is 0. The first-order valence-corrected chi connectivity index (χ1v) is 8.81. The van der Waals surface area contributed by atoms with E-state index in [0.717, 1.165) is 50.7 Å². The monoisotopic (exact) mass is 341 g/mol. The Bertz CT molecular complexity index is 770. The Kier molecular flexibility index (Phi) is 4.60. The molecule has 8 heteroatoms. The summed E-state index contributed by atoms with van der Waals surface area (Å²) in [5.41, 5.74) is 1.24. The van der Waals surface area contributed by atoms with Crippen LogP contribution in [-0.4, -0.2) is 47.5 Å². The standard InChI is InChI=1S/C17H23N7O/c1-2-24-16(10-23-13-18-12-19-23)20-21-17(24)15-3-6-22(7-4-15)9-14-5-8-25-11-14/h5,8,11-13,15H,2-4,6-7,9-10H2,1H3. The molecule has 3 aromatic rings. The maximum Gasteiger partial charge on any atom is 0.154 e. The third-order valence-corrected chi connectivity index (χ3v) is 4.88. The molecule has 132 valence electrons. The summed E-state index contributed by atoms with van der Waals surface area (Å²) in [6.45, 7) is 6.74. The van der Waals surface area contributed by atoms with Crippen molar-refractivity contribution in [1.29, 1.82) is 0 Å². The Morgan fingerprint density at radius 2 is 2.08 bits per heavy atom. The fourth-order valence-corrected chi connectivity index (χ4v) is 3.56. The van der Waals surface area contributed by atoms with Crippen LogP contribution in [0, 0.1) is 0 Å². The van der Waals surface area contributed by atoms with Crippen molar-refractivity contribution in [3.05, 3.63) is 48.5 Å². The maximum absolute atomic E-state index is 5.16. The predicted molar refractivity (Wildman–Crippen MR) is 90.8 cm³/mol. The summed E-state index contributed by atoms with van der Waals surface area (Å²) in [6, 6.07) is 2.04. The molecule has 4 heterocycles. The highest BCUT2D eigenvalue weighted by Gasteiger charge is 2.26. The minimum atomic E-state index is 0.470. The second kappa shape index (κ2) is 7.18. The molecule has 4 rings (SSSR count). The van der Waals surface area contributed by atoms with Crippen LogP contribution in [0.4, 0.5) is 0 Å². The van der Waals surface area contributed by atoms with E-state index in [0.29, 0.717) is 12.5 Å². The lowest BCUT2D eigenvalue weighted by Gasteiger charge is -2.31. The van der Waals surface area contributed by atoms with Gasteiger partial charge in [-0.05, 0) is 38.9 Å². The number of piperidine rings is 1. The zero-order valence-corrected chi connectivity index (χ0v) is 14.5. The van der Waals surface area contributed by atoms with Crippen LogP contribution >= 0.6 is 0 Å². The fraction of sp³-hybridized carbons (Fsp3) is 0.529. The minimum Gasteiger partial charge on any atom is -0.472 e. The van der Waals surface area contributed by atoms with E-state index in [4.69, 9.17) is 4.42 Å². The molecule has 25 heavy (non-hydrogen) atoms. The zero-order valence-electron chi connectivity index (χ0n) is 14.5. The Morgan fingerprint density at radius 1 is 1.20 bits per heavy atom. The van der Waals surface area contributed by atoms with Gasteiger partial charge in [-0.2, -0.15) is 5.10 Å². The van der Waals surface area contributed by atoms with E-state index >= 15 is 0 Å². The van der Waals surface area contributed by atoms with Gasteiger partial charge in [0.05, 0.1) is 12.5 Å². The average molecular weight is 341 g/mol. The van der Waals surface area contributed by atoms with Gasteiger partial charge >= 0.3 is 0 Å². The first-order chi connectivity index (χ1) is 12.3. The largest absolute Gasteiger partial charge is 0.472 e. The lowest BCUT2D eigenvalue weighted by molar-refractivity contribution is 0.199. The number of aromatic nitrogens is 6. The van der Waals surface area contributed by atoms with Crippen molar-refractivity contribution < 1.29 is 4.42 Å². The quantitative estimate of drug-likeness (QED) is 0.681. The maximum atomic E-state index is 5.16. The molecule has 3 aromatic heterocycles. The highest BCUT2D eigenvalue weighted by Crippen LogP contribution is 2.28. The third kappa shape index (κ3) is 3.48. The van der Waals surface area contributed by atoms with Gasteiger partial charge in [-0.15, -0.1) is 10.2 Å². The van der Waals surface area contributed by atoms with Gasteiger partial charge in [0.25, 0.3) is 0 Å². The molecule has 0 saturated carbocycles. The van der Waals surface area contributed by atoms with Gasteiger partial charge in [-0.1, -0.05) is 0 Å². The van der Waals surface area contributed by atoms with Gasteiger partial charge in [0.1, 0.15) is 25.0 Å². The Balaban J connectivity index is 1.41. The van der Waals surface area contributed by atoms with Crippen LogP contribution in [0.2, 0.25) is 0 Å². The number of nitrogens with zero attached hydrogens (tertiary/aromatic N) is 7. The first-order valence-electron chi connectivity index (χ1n) is 8.81. The van der Waals surface area contributed by atoms with Crippen LogP contribution in [0.5, 0.6) is 0 Å². The third-order valence-electron chi connectivity index (χ3n) is 4.88. The van der Waals surface area contributed by atoms with Crippen molar-refractivity contribution in [3.8, 4) is 0 Å². The molecule has 0 amide bonds. The molecule has 0 spiro atoms. The highest BCUT2D eigenvalue weighted by atomic mass is 16.3. The van der Waals surface area contributed by atoms with Crippen LogP contribution in [-0.2, 0) is 19.6 Å². The molecule has 0 bridgehead atoms. The number of rotatable bonds is 6. The lowest BCUT2D eigenvalue weighted by atomic mass is 9.95. The summed E-state index contributed by atoms with van der Waals surface area (Å²) in [7, 11) is 0. The first kappa shape index (κ1) is 16.0. The van der Waals surface area contributed by atoms with Crippen molar-refractivity contribution in [2.24, 2.45) is 0 Å². The van der Waals surface area contributed by atoms with Crippen LogP contribution in [0.15, 0.2) is 35.7 Å². The second-order valence-electron chi connectivity index (χ2n) is 6.49. The zero-order chi connectivity index (χ0) is 17.1. The molecule has 1 fully saturated rings. The summed E-state index contributed by atoms with van der Waals surface area (Å²) in [6.07, 6.45) is 9.04. The topological polar surface area (TPSA) is 77.8 Å². The van der Waals surface area contributed by atoms with Crippen molar-refractivity contribution in [2.75, 3.05) is 13.1 Å². The molecule has 1 saturated heterocycles. The van der Waals surface area contributed by atoms with Crippen molar-refractivity contribution >= 4 is 0 Å². The van der Waals surface area contributed by atoms with E-state index in [-0.39, 0.29) is 0 Å². The van der Waals surface area contributed by atoms with E-state index in [2.05, 4.69) is 36.7 Å². The van der Waals surface area contributed by atoms with Gasteiger partial charge < -0.3 is 8.98 Å². The SMILES string of the molecule is CCn1c(Cn2cncn2)nnc1C1CCN(Cc2ccoc2)CC1. The smallest absolute Gasteiger partial charge is 0.154 e. The number of hydrogen-bond acceptors (Lipinski definition) is 6. The summed E-state index contributed by atoms with van der Waals surface area (Å²) in [5.74, 6) is 2.53. The molecule has 0 atom stereocenters. The molecular weight excluding hydrogens is 318 g/mol. The molecule has 8 nitrogen and oxygen atoms in total. The van der Waals surface area contributed by atoms with E-state index < -0.39 is 0 Å². The Morgan fingerprint density at radius 3 is 2.76 bits per heavy atom. The van der Waals surface area contributed by atoms with E-state index in [9.17, 15) is 0 Å². The number of furan rings is 1. The average Bonchev–Trinajstić information content (AvgIpc) is 3.38. The van der Waals surface area contributed by atoms with E-state index in [1.165, 1.54) is 5.56 Å². The summed E-state index contributed by atoms with van der Waals surface area (Å²) < 4.78 is 9.18. The lowest BCUT2D eigenvalue weighted by Crippen LogP contribution is -2.33. The van der Waals surface area contributed by atoms with Gasteiger partial charge in [0.2, 0.25) is 0 Å². The number of hydrogen-bond donors (Lipinski definition) is 0. The summed E-state index contributed by atoms with van der Waals surface area (Å²) in [5, 5.41) is 13.1. The van der Waals surface area contributed by atoms with Crippen LogP contribution in [0.1, 0.15) is 42.9 Å². The van der Waals surface area contributed by atoms with Gasteiger partial charge in [-0.25, -0.2) is 9.67 Å². The van der Waals surface area contributed by atoms with Gasteiger partial charge in [0, 0.05) is 24.6 Å². The molecule has 0 N–H and O–H groups in total. The molecular formula is C17H23N7O. The molecule has 0 radical (unpaired) electrons. The van der Waals surface area contributed by atoms with Crippen LogP contribution in [0.3, 0.4) is 0 Å². The molecule has 0 aliphatic carbocycles. The van der Waals surface area contributed by atoms with Crippen molar-refractivity contribution in [2.45, 2.75) is 45.3 Å². The van der Waals surface area contributed by atoms with Crippen molar-refractivity contribution in [1.82, 2.24) is 34.4 Å². The molecule has 1 aliphatic rings. The minimum absolute atomic E-state index is 0.470. The summed E-state index contributed by atoms with van der Waals surface area (Å²) in [4.78, 5) is 6.47. The predicted octanol–water partition coefficient (Wildman–Crippen LogP) is 1.91. The molecule has 0 unspecified atom stereocenters. The second-order valence-corrected chi connectivity index (χ2v) is 6.49. The molecule has 0 aromatic carbocycles. The van der Waals surface area contributed by atoms with Gasteiger partial charge in [0.15, 0.2) is 5.82 Å². The normalized spacial score (nSPS) is 16.5. The number of likely N-dealkylation sites (tertiary alicyclic amines) is 1. The Labute approximate surface area is 146 Å². The van der Waals surface area contributed by atoms with E-state index in [1.54, 1.807) is 23.6 Å². The Hall–Kier alpha value is -2.48. The molecule has 1 aliphatic heterocycles. The van der Waals surface area contributed by atoms with Gasteiger partial charge in [-0.3, -0.25) is 4.90 Å².